The number of aryl methyl sites for hydroxylation is 1. The van der Waals surface area contributed by atoms with Crippen LogP contribution in [0, 0.1) is 0 Å². The third-order valence-electron chi connectivity index (χ3n) is 3.52. The molecule has 2 rings (SSSR count). The Morgan fingerprint density at radius 2 is 2.05 bits per heavy atom. The monoisotopic (exact) mass is 275 g/mol. The van der Waals surface area contributed by atoms with E-state index in [1.54, 1.807) is 0 Å². The van der Waals surface area contributed by atoms with Crippen LogP contribution < -0.4 is 5.73 Å². The average molecular weight is 275 g/mol. The summed E-state index contributed by atoms with van der Waals surface area (Å²) in [5, 5.41) is 4.31. The van der Waals surface area contributed by atoms with Crippen molar-refractivity contribution in [2.75, 3.05) is 5.73 Å². The molecule has 0 fully saturated rings. The summed E-state index contributed by atoms with van der Waals surface area (Å²) in [5.74, 6) is 2.19. The zero-order valence-corrected chi connectivity index (χ0v) is 12.9. The van der Waals surface area contributed by atoms with Crippen molar-refractivity contribution in [2.24, 2.45) is 0 Å². The van der Waals surface area contributed by atoms with Gasteiger partial charge in [0.05, 0.1) is 6.20 Å². The summed E-state index contributed by atoms with van der Waals surface area (Å²) < 4.78 is 4.06. The van der Waals surface area contributed by atoms with Crippen LogP contribution in [0.4, 0.5) is 5.82 Å². The van der Waals surface area contributed by atoms with E-state index in [4.69, 9.17) is 10.7 Å². The maximum atomic E-state index is 6.33. The van der Waals surface area contributed by atoms with Crippen LogP contribution in [0.2, 0.25) is 0 Å². The minimum atomic E-state index is 0.365. The molecule has 0 radical (unpaired) electrons. The molecule has 20 heavy (non-hydrogen) atoms. The molecule has 0 aromatic carbocycles. The first-order valence-electron chi connectivity index (χ1n) is 7.47. The normalized spacial score (nSPS) is 11.4. The van der Waals surface area contributed by atoms with Gasteiger partial charge in [0, 0.05) is 30.8 Å². The fourth-order valence-electron chi connectivity index (χ4n) is 2.35. The van der Waals surface area contributed by atoms with Crippen LogP contribution in [0.25, 0.3) is 11.3 Å². The minimum Gasteiger partial charge on any atom is -0.383 e. The fourth-order valence-corrected chi connectivity index (χ4v) is 2.35. The van der Waals surface area contributed by atoms with Crippen molar-refractivity contribution < 1.29 is 0 Å². The smallest absolute Gasteiger partial charge is 0.131 e. The maximum Gasteiger partial charge on any atom is 0.131 e. The molecular weight excluding hydrogens is 250 g/mol. The minimum absolute atomic E-state index is 0.365. The van der Waals surface area contributed by atoms with E-state index in [-0.39, 0.29) is 0 Å². The van der Waals surface area contributed by atoms with Crippen LogP contribution in [0.3, 0.4) is 0 Å². The summed E-state index contributed by atoms with van der Waals surface area (Å²) in [7, 11) is 0. The number of anilines is 1. The van der Waals surface area contributed by atoms with Crippen molar-refractivity contribution in [2.45, 2.75) is 59.5 Å². The van der Waals surface area contributed by atoms with E-state index < -0.39 is 0 Å². The SMILES string of the molecule is CCCCn1c(C(C)C)nc(-c2cnn(CC)c2)c1N. The zero-order chi connectivity index (χ0) is 14.7. The van der Waals surface area contributed by atoms with Gasteiger partial charge in [-0.2, -0.15) is 5.10 Å². The summed E-state index contributed by atoms with van der Waals surface area (Å²) in [4.78, 5) is 4.76. The Labute approximate surface area is 120 Å². The quantitative estimate of drug-likeness (QED) is 0.880. The summed E-state index contributed by atoms with van der Waals surface area (Å²) in [6, 6.07) is 0. The van der Waals surface area contributed by atoms with Crippen molar-refractivity contribution in [3.05, 3.63) is 18.2 Å². The van der Waals surface area contributed by atoms with Gasteiger partial charge in [0.25, 0.3) is 0 Å². The highest BCUT2D eigenvalue weighted by atomic mass is 15.3. The number of hydrogen-bond acceptors (Lipinski definition) is 3. The lowest BCUT2D eigenvalue weighted by Crippen LogP contribution is -2.08. The molecule has 2 aromatic rings. The third kappa shape index (κ3) is 2.71. The van der Waals surface area contributed by atoms with Gasteiger partial charge in [-0.25, -0.2) is 4.98 Å². The van der Waals surface area contributed by atoms with Crippen LogP contribution in [0.15, 0.2) is 12.4 Å². The summed E-state index contributed by atoms with van der Waals surface area (Å²) in [5.41, 5.74) is 8.20. The van der Waals surface area contributed by atoms with E-state index in [9.17, 15) is 0 Å². The molecule has 0 saturated heterocycles. The Kier molecular flexibility index (Phi) is 4.47. The van der Waals surface area contributed by atoms with E-state index in [2.05, 4.69) is 37.4 Å². The first-order chi connectivity index (χ1) is 9.58. The molecule has 2 N–H and O–H groups in total. The Bertz CT molecular complexity index is 565. The third-order valence-corrected chi connectivity index (χ3v) is 3.52. The van der Waals surface area contributed by atoms with Crippen molar-refractivity contribution in [1.82, 2.24) is 19.3 Å². The van der Waals surface area contributed by atoms with Crippen LogP contribution in [0.1, 0.15) is 52.3 Å². The van der Waals surface area contributed by atoms with Gasteiger partial charge in [0.2, 0.25) is 0 Å². The van der Waals surface area contributed by atoms with Gasteiger partial charge in [-0.1, -0.05) is 27.2 Å². The molecule has 0 saturated carbocycles. The van der Waals surface area contributed by atoms with Crippen LogP contribution in [-0.2, 0) is 13.1 Å². The van der Waals surface area contributed by atoms with E-state index in [1.165, 1.54) is 0 Å². The van der Waals surface area contributed by atoms with Gasteiger partial charge in [-0.15, -0.1) is 0 Å². The zero-order valence-electron chi connectivity index (χ0n) is 12.9. The second-order valence-corrected chi connectivity index (χ2v) is 5.45. The van der Waals surface area contributed by atoms with Gasteiger partial charge in [-0.3, -0.25) is 4.68 Å². The highest BCUT2D eigenvalue weighted by Gasteiger charge is 2.18. The van der Waals surface area contributed by atoms with Gasteiger partial charge in [-0.05, 0) is 13.3 Å². The molecule has 0 atom stereocenters. The maximum absolute atomic E-state index is 6.33. The molecule has 5 heteroatoms. The Hall–Kier alpha value is -1.78. The Morgan fingerprint density at radius 3 is 2.60 bits per heavy atom. The van der Waals surface area contributed by atoms with E-state index in [0.717, 1.165) is 48.8 Å². The lowest BCUT2D eigenvalue weighted by molar-refractivity contribution is 0.588. The average Bonchev–Trinajstić information content (AvgIpc) is 3.01. The Morgan fingerprint density at radius 1 is 1.30 bits per heavy atom. The number of hydrogen-bond donors (Lipinski definition) is 1. The molecule has 0 amide bonds. The standard InChI is InChI=1S/C15H25N5/c1-5-7-8-20-14(16)13(18-15(20)11(3)4)12-9-17-19(6-2)10-12/h9-11H,5-8,16H2,1-4H3. The topological polar surface area (TPSA) is 61.7 Å². The van der Waals surface area contributed by atoms with Crippen molar-refractivity contribution in [3.8, 4) is 11.3 Å². The van der Waals surface area contributed by atoms with Gasteiger partial charge >= 0.3 is 0 Å². The predicted molar refractivity (Wildman–Crippen MR) is 82.5 cm³/mol. The molecule has 2 aromatic heterocycles. The summed E-state index contributed by atoms with van der Waals surface area (Å²) in [6.45, 7) is 10.4. The number of rotatable bonds is 6. The fraction of sp³-hybridized carbons (Fsp3) is 0.600. The van der Waals surface area contributed by atoms with E-state index in [1.807, 2.05) is 17.1 Å². The van der Waals surface area contributed by atoms with Crippen LogP contribution >= 0.6 is 0 Å². The second kappa shape index (κ2) is 6.11. The Balaban J connectivity index is 2.43. The molecule has 2 heterocycles. The molecule has 110 valence electrons. The number of unbranched alkanes of at least 4 members (excludes halogenated alkanes) is 1. The number of nitrogens with two attached hydrogens (primary N) is 1. The van der Waals surface area contributed by atoms with Gasteiger partial charge < -0.3 is 10.3 Å². The molecule has 0 spiro atoms. The molecule has 0 aliphatic carbocycles. The van der Waals surface area contributed by atoms with Crippen LogP contribution in [-0.4, -0.2) is 19.3 Å². The number of aromatic nitrogens is 4. The largest absolute Gasteiger partial charge is 0.383 e. The molecule has 5 nitrogen and oxygen atoms in total. The van der Waals surface area contributed by atoms with Gasteiger partial charge in [0.1, 0.15) is 17.3 Å². The number of nitrogen functional groups attached to an aromatic ring is 1. The lowest BCUT2D eigenvalue weighted by atomic mass is 10.2. The molecular formula is C15H25N5. The van der Waals surface area contributed by atoms with Crippen molar-refractivity contribution >= 4 is 5.82 Å². The highest BCUT2D eigenvalue weighted by Crippen LogP contribution is 2.29. The molecule has 0 bridgehead atoms. The van der Waals surface area contributed by atoms with Crippen molar-refractivity contribution in [3.63, 3.8) is 0 Å². The first-order valence-corrected chi connectivity index (χ1v) is 7.47. The van der Waals surface area contributed by atoms with E-state index in [0.29, 0.717) is 5.92 Å². The van der Waals surface area contributed by atoms with Crippen molar-refractivity contribution in [1.29, 1.82) is 0 Å². The number of nitrogens with zero attached hydrogens (tertiary/aromatic N) is 4. The van der Waals surface area contributed by atoms with Gasteiger partial charge in [0.15, 0.2) is 0 Å². The molecule has 0 aliphatic rings. The number of imidazole rings is 1. The summed E-state index contributed by atoms with van der Waals surface area (Å²) >= 11 is 0. The van der Waals surface area contributed by atoms with Crippen LogP contribution in [0.5, 0.6) is 0 Å². The first kappa shape index (κ1) is 14.6. The summed E-state index contributed by atoms with van der Waals surface area (Å²) in [6.07, 6.45) is 6.12. The lowest BCUT2D eigenvalue weighted by Gasteiger charge is -2.11. The second-order valence-electron chi connectivity index (χ2n) is 5.45. The molecule has 0 aliphatic heterocycles. The molecule has 0 unspecified atom stereocenters. The predicted octanol–water partition coefficient (Wildman–Crippen LogP) is 3.27. The highest BCUT2D eigenvalue weighted by molar-refractivity contribution is 5.70. The van der Waals surface area contributed by atoms with E-state index >= 15 is 0 Å².